The minimum Gasteiger partial charge on any atom is -0.310 e. The molecular weight excluding hydrogens is 1020 g/mol. The third-order valence-corrected chi connectivity index (χ3v) is 19.2. The van der Waals surface area contributed by atoms with Crippen molar-refractivity contribution < 1.29 is 0 Å². The van der Waals surface area contributed by atoms with E-state index in [0.29, 0.717) is 0 Å². The van der Waals surface area contributed by atoms with E-state index >= 15 is 0 Å². The second kappa shape index (κ2) is 15.4. The van der Waals surface area contributed by atoms with E-state index < -0.39 is 0 Å². The van der Waals surface area contributed by atoms with Gasteiger partial charge in [-0.2, -0.15) is 0 Å². The van der Waals surface area contributed by atoms with Crippen LogP contribution in [0.3, 0.4) is 0 Å². The predicted octanol–water partition coefficient (Wildman–Crippen LogP) is 21.2. The van der Waals surface area contributed by atoms with Gasteiger partial charge in [0.25, 0.3) is 0 Å². The number of para-hydroxylation sites is 8. The van der Waals surface area contributed by atoms with E-state index in [1.807, 2.05) is 0 Å². The Hall–Kier alpha value is -11.3. The Morgan fingerprint density at radius 3 is 0.798 bits per heavy atom. The summed E-state index contributed by atoms with van der Waals surface area (Å²) in [5, 5.41) is 20.1. The Morgan fingerprint density at radius 2 is 0.429 bits per heavy atom. The van der Waals surface area contributed by atoms with Crippen LogP contribution in [0.25, 0.3) is 152 Å². The lowest BCUT2D eigenvalue weighted by molar-refractivity contribution is 1.29. The molecule has 0 radical (unpaired) electrons. The Kier molecular flexibility index (Phi) is 7.94. The third kappa shape index (κ3) is 5.29. The number of fused-ring (bicyclic) bond motifs is 24. The molecule has 0 unspecified atom stereocenters. The van der Waals surface area contributed by atoms with Crippen molar-refractivity contribution in [2.45, 2.75) is 0 Å². The molecule has 0 saturated heterocycles. The first kappa shape index (κ1) is 43.5. The van der Waals surface area contributed by atoms with E-state index in [9.17, 15) is 0 Å². The maximum absolute atomic E-state index is 2.56. The number of rotatable bonds is 6. The molecule has 0 aliphatic heterocycles. The quantitative estimate of drug-likeness (QED) is 0.166. The number of anilines is 6. The van der Waals surface area contributed by atoms with E-state index in [-0.39, 0.29) is 0 Å². The van der Waals surface area contributed by atoms with Gasteiger partial charge in [-0.05, 0) is 109 Å². The van der Waals surface area contributed by atoms with Crippen LogP contribution in [0.2, 0.25) is 0 Å². The van der Waals surface area contributed by atoms with Crippen molar-refractivity contribution in [3.8, 4) is 0 Å². The van der Waals surface area contributed by atoms with Crippen molar-refractivity contribution in [2.24, 2.45) is 0 Å². The van der Waals surface area contributed by atoms with E-state index in [4.69, 9.17) is 0 Å². The highest BCUT2D eigenvalue weighted by Crippen LogP contribution is 2.50. The summed E-state index contributed by atoms with van der Waals surface area (Å²) in [6.45, 7) is 0. The van der Waals surface area contributed by atoms with Crippen LogP contribution in [0.15, 0.2) is 267 Å². The van der Waals surface area contributed by atoms with Gasteiger partial charge in [0, 0.05) is 120 Å². The van der Waals surface area contributed by atoms with Crippen LogP contribution >= 0.6 is 0 Å². The van der Waals surface area contributed by atoms with Gasteiger partial charge < -0.3 is 27.4 Å². The van der Waals surface area contributed by atoms with Crippen molar-refractivity contribution in [3.05, 3.63) is 267 Å². The average Bonchev–Trinajstić information content (AvgIpc) is 1.98. The van der Waals surface area contributed by atoms with E-state index in [1.165, 1.54) is 152 Å². The third-order valence-electron chi connectivity index (χ3n) is 19.2. The fourth-order valence-corrected chi connectivity index (χ4v) is 15.9. The first-order valence-electron chi connectivity index (χ1n) is 29.1. The SMILES string of the molecule is c1ccc(N(c2cc3c4ccccc4n4c5ccccc5c(c2)c34)c2ccc3c4cccc5c6cc7c(cc6n(c3c2)c45)c2cccc3c4ccc(N(c5ccccc5)c5cc6c8ccccc8n8c9ccccc9c(c5)c68)cc4n7c32)cc1. The van der Waals surface area contributed by atoms with Crippen molar-refractivity contribution in [3.63, 3.8) is 0 Å². The molecule has 0 saturated carbocycles. The molecule has 13 aromatic carbocycles. The Balaban J connectivity index is 0.792. The topological polar surface area (TPSA) is 24.1 Å². The zero-order valence-corrected chi connectivity index (χ0v) is 45.1. The molecule has 0 amide bonds. The monoisotopic (exact) mass is 1060 g/mol. The number of benzene rings is 13. The number of nitrogens with zero attached hydrogens (tertiary/aromatic N) is 6. The standard InChI is InChI=1S/C78H44N6/c1-3-17-45(18-4-1)79(49-37-63-51-21-7-11-29-67(51)81-68-30-12-8-22-52(68)64(38-49)77(63)81)47-33-35-55-57-25-15-27-59-61-44-74-62(43-73(61)83(75(57)59)71(55)41-47)60-28-16-26-58-56-36-34-48(42-72(56)84(74)76(58)60)80(46-19-5-2-6-20-46)50-39-65-53-23-9-13-31-69(53)82-70-32-14-10-24-54(70)66(40-50)78(65)82/h1-44H. The van der Waals surface area contributed by atoms with Gasteiger partial charge >= 0.3 is 0 Å². The summed E-state index contributed by atoms with van der Waals surface area (Å²) in [5.74, 6) is 0. The molecule has 0 spiro atoms. The van der Waals surface area contributed by atoms with Gasteiger partial charge in [-0.3, -0.25) is 0 Å². The summed E-state index contributed by atoms with van der Waals surface area (Å²) in [6, 6.07) is 100. The summed E-state index contributed by atoms with van der Waals surface area (Å²) in [4.78, 5) is 4.93. The average molecular weight is 1070 g/mol. The van der Waals surface area contributed by atoms with Crippen LogP contribution in [-0.4, -0.2) is 17.6 Å². The lowest BCUT2D eigenvalue weighted by Gasteiger charge is -2.26. The van der Waals surface area contributed by atoms with Gasteiger partial charge in [-0.25, -0.2) is 0 Å². The number of hydrogen-bond donors (Lipinski definition) is 0. The molecule has 6 heteroatoms. The molecule has 0 bridgehead atoms. The van der Waals surface area contributed by atoms with Crippen molar-refractivity contribution >= 4 is 187 Å². The molecule has 21 aromatic rings. The highest BCUT2D eigenvalue weighted by Gasteiger charge is 2.27. The maximum Gasteiger partial charge on any atom is 0.0622 e. The zero-order valence-electron chi connectivity index (χ0n) is 45.1. The summed E-state index contributed by atoms with van der Waals surface area (Å²) in [5.41, 5.74) is 21.5. The molecule has 0 atom stereocenters. The van der Waals surface area contributed by atoms with E-state index in [0.717, 1.165) is 34.1 Å². The minimum atomic E-state index is 1.11. The van der Waals surface area contributed by atoms with Crippen LogP contribution in [-0.2, 0) is 0 Å². The first-order chi connectivity index (χ1) is 41.7. The Bertz CT molecular complexity index is 5800. The van der Waals surface area contributed by atoms with Gasteiger partial charge in [-0.1, -0.05) is 158 Å². The second-order valence-electron chi connectivity index (χ2n) is 23.2. The lowest BCUT2D eigenvalue weighted by Crippen LogP contribution is -2.10. The lowest BCUT2D eigenvalue weighted by atomic mass is 10.0. The van der Waals surface area contributed by atoms with Gasteiger partial charge in [0.05, 0.1) is 66.2 Å². The molecule has 8 heterocycles. The molecule has 0 fully saturated rings. The van der Waals surface area contributed by atoms with Gasteiger partial charge in [0.2, 0.25) is 0 Å². The van der Waals surface area contributed by atoms with Crippen LogP contribution in [0.1, 0.15) is 0 Å². The molecule has 8 aromatic heterocycles. The van der Waals surface area contributed by atoms with Crippen molar-refractivity contribution in [1.82, 2.24) is 17.6 Å². The molecule has 0 aliphatic rings. The van der Waals surface area contributed by atoms with Crippen molar-refractivity contribution in [1.29, 1.82) is 0 Å². The summed E-state index contributed by atoms with van der Waals surface area (Å²) in [7, 11) is 0. The minimum absolute atomic E-state index is 1.11. The van der Waals surface area contributed by atoms with Gasteiger partial charge in [0.1, 0.15) is 0 Å². The zero-order chi connectivity index (χ0) is 54.2. The highest BCUT2D eigenvalue weighted by atomic mass is 15.2. The molecule has 0 N–H and O–H groups in total. The largest absolute Gasteiger partial charge is 0.310 e. The second-order valence-corrected chi connectivity index (χ2v) is 23.2. The summed E-state index contributed by atoms with van der Waals surface area (Å²) < 4.78 is 10.1. The number of hydrogen-bond acceptors (Lipinski definition) is 2. The van der Waals surface area contributed by atoms with Crippen LogP contribution in [0, 0.1) is 0 Å². The Morgan fingerprint density at radius 1 is 0.155 bits per heavy atom. The van der Waals surface area contributed by atoms with E-state index in [2.05, 4.69) is 294 Å². The fourth-order valence-electron chi connectivity index (χ4n) is 15.9. The van der Waals surface area contributed by atoms with Crippen molar-refractivity contribution in [2.75, 3.05) is 9.80 Å². The normalized spacial score (nSPS) is 12.8. The molecule has 21 rings (SSSR count). The highest BCUT2D eigenvalue weighted by molar-refractivity contribution is 6.31. The molecule has 0 aliphatic carbocycles. The smallest absolute Gasteiger partial charge is 0.0622 e. The van der Waals surface area contributed by atoms with Gasteiger partial charge in [-0.15, -0.1) is 0 Å². The molecule has 84 heavy (non-hydrogen) atoms. The molecular formula is C78H44N6. The molecule has 386 valence electrons. The predicted molar refractivity (Wildman–Crippen MR) is 354 cm³/mol. The first-order valence-corrected chi connectivity index (χ1v) is 29.1. The maximum atomic E-state index is 2.56. The molecule has 6 nitrogen and oxygen atoms in total. The van der Waals surface area contributed by atoms with Crippen LogP contribution < -0.4 is 9.80 Å². The summed E-state index contributed by atoms with van der Waals surface area (Å²) in [6.07, 6.45) is 0. The van der Waals surface area contributed by atoms with Gasteiger partial charge in [0.15, 0.2) is 0 Å². The van der Waals surface area contributed by atoms with Crippen LogP contribution in [0.4, 0.5) is 34.1 Å². The summed E-state index contributed by atoms with van der Waals surface area (Å²) >= 11 is 0. The van der Waals surface area contributed by atoms with E-state index in [1.54, 1.807) is 0 Å². The Labute approximate surface area is 478 Å². The fraction of sp³-hybridized carbons (Fsp3) is 0. The van der Waals surface area contributed by atoms with Crippen LogP contribution in [0.5, 0.6) is 0 Å². The number of aromatic nitrogens is 4.